The van der Waals surface area contributed by atoms with E-state index in [0.717, 1.165) is 0 Å². The molecule has 0 radical (unpaired) electrons. The summed E-state index contributed by atoms with van der Waals surface area (Å²) in [4.78, 5) is 10.0. The Labute approximate surface area is 93.6 Å². The Morgan fingerprint density at radius 2 is 2.29 bits per heavy atom. The Kier molecular flexibility index (Phi) is 3.24. The molecule has 14 heavy (non-hydrogen) atoms. The monoisotopic (exact) mass is 304 g/mol. The third-order valence-electron chi connectivity index (χ3n) is 1.55. The highest BCUT2D eigenvalue weighted by Crippen LogP contribution is 2.32. The first kappa shape index (κ1) is 10.7. The summed E-state index contributed by atoms with van der Waals surface area (Å²) in [7, 11) is 1.36. The van der Waals surface area contributed by atoms with E-state index in [4.69, 9.17) is 10.00 Å². The van der Waals surface area contributed by atoms with Gasteiger partial charge in [0.05, 0.1) is 27.2 Å². The lowest BCUT2D eigenvalue weighted by Crippen LogP contribution is -1.96. The van der Waals surface area contributed by atoms with Gasteiger partial charge in [-0.05, 0) is 28.7 Å². The van der Waals surface area contributed by atoms with Gasteiger partial charge in [0.1, 0.15) is 0 Å². The fourth-order valence-electron chi connectivity index (χ4n) is 0.981. The largest absolute Gasteiger partial charge is 0.489 e. The third-order valence-corrected chi connectivity index (χ3v) is 2.36. The Balaban J connectivity index is 3.45. The van der Waals surface area contributed by atoms with E-state index in [9.17, 15) is 10.1 Å². The maximum Gasteiger partial charge on any atom is 0.313 e. The van der Waals surface area contributed by atoms with Crippen LogP contribution in [0.3, 0.4) is 0 Å². The smallest absolute Gasteiger partial charge is 0.313 e. The van der Waals surface area contributed by atoms with Gasteiger partial charge in [-0.2, -0.15) is 5.26 Å². The summed E-state index contributed by atoms with van der Waals surface area (Å²) in [6.07, 6.45) is 0. The van der Waals surface area contributed by atoms with Crippen LogP contribution in [0.25, 0.3) is 0 Å². The van der Waals surface area contributed by atoms with E-state index in [0.29, 0.717) is 3.57 Å². The van der Waals surface area contributed by atoms with Crippen LogP contribution in [0.15, 0.2) is 12.1 Å². The topological polar surface area (TPSA) is 76.2 Å². The van der Waals surface area contributed by atoms with Crippen molar-refractivity contribution in [3.63, 3.8) is 0 Å². The van der Waals surface area contributed by atoms with Gasteiger partial charge in [-0.25, -0.2) is 0 Å². The minimum atomic E-state index is -0.568. The molecule has 1 aromatic rings. The molecule has 0 aliphatic heterocycles. The van der Waals surface area contributed by atoms with Gasteiger partial charge in [0.25, 0.3) is 0 Å². The van der Waals surface area contributed by atoms with Crippen LogP contribution < -0.4 is 4.74 Å². The standard InChI is InChI=1S/C8H5IN2O3/c1-14-8-6(9)2-5(4-10)3-7(8)11(12)13/h2-3H,1H3. The van der Waals surface area contributed by atoms with Crippen LogP contribution in [0.5, 0.6) is 5.75 Å². The van der Waals surface area contributed by atoms with Crippen molar-refractivity contribution in [3.8, 4) is 11.8 Å². The maximum absolute atomic E-state index is 10.6. The average Bonchev–Trinajstić information content (AvgIpc) is 2.16. The molecule has 0 aliphatic rings. The molecule has 0 fully saturated rings. The molecule has 0 aromatic heterocycles. The van der Waals surface area contributed by atoms with Crippen LogP contribution in [0.4, 0.5) is 5.69 Å². The van der Waals surface area contributed by atoms with Gasteiger partial charge in [-0.3, -0.25) is 10.1 Å². The number of nitro groups is 1. The van der Waals surface area contributed by atoms with E-state index in [1.54, 1.807) is 0 Å². The van der Waals surface area contributed by atoms with Gasteiger partial charge >= 0.3 is 5.69 Å². The van der Waals surface area contributed by atoms with E-state index in [-0.39, 0.29) is 17.0 Å². The highest BCUT2D eigenvalue weighted by Gasteiger charge is 2.19. The number of methoxy groups -OCH3 is 1. The molecule has 0 aliphatic carbocycles. The lowest BCUT2D eigenvalue weighted by molar-refractivity contribution is -0.385. The fraction of sp³-hybridized carbons (Fsp3) is 0.125. The van der Waals surface area contributed by atoms with Gasteiger partial charge in [0.15, 0.2) is 0 Å². The molecule has 0 saturated heterocycles. The number of rotatable bonds is 2. The predicted octanol–water partition coefficient (Wildman–Crippen LogP) is 2.08. The van der Waals surface area contributed by atoms with Crippen molar-refractivity contribution >= 4 is 28.3 Å². The number of hydrogen-bond acceptors (Lipinski definition) is 4. The van der Waals surface area contributed by atoms with E-state index < -0.39 is 4.92 Å². The summed E-state index contributed by atoms with van der Waals surface area (Å²) < 4.78 is 5.43. The van der Waals surface area contributed by atoms with Crippen molar-refractivity contribution in [1.82, 2.24) is 0 Å². The molecule has 0 atom stereocenters. The molecule has 0 spiro atoms. The summed E-state index contributed by atoms with van der Waals surface area (Å²) in [6.45, 7) is 0. The first-order chi connectivity index (χ1) is 6.60. The Hall–Kier alpha value is -1.36. The van der Waals surface area contributed by atoms with Crippen molar-refractivity contribution in [2.75, 3.05) is 7.11 Å². The minimum Gasteiger partial charge on any atom is -0.489 e. The second kappa shape index (κ2) is 4.23. The van der Waals surface area contributed by atoms with Crippen LogP contribution in [-0.4, -0.2) is 12.0 Å². The van der Waals surface area contributed by atoms with E-state index in [2.05, 4.69) is 0 Å². The quantitative estimate of drug-likeness (QED) is 0.476. The van der Waals surface area contributed by atoms with Crippen molar-refractivity contribution < 1.29 is 9.66 Å². The summed E-state index contributed by atoms with van der Waals surface area (Å²) in [5, 5.41) is 19.2. The molecule has 1 aromatic carbocycles. The highest BCUT2D eigenvalue weighted by atomic mass is 127. The van der Waals surface area contributed by atoms with E-state index in [1.807, 2.05) is 28.7 Å². The molecular weight excluding hydrogens is 299 g/mol. The van der Waals surface area contributed by atoms with Gasteiger partial charge in [-0.15, -0.1) is 0 Å². The first-order valence-corrected chi connectivity index (χ1v) is 4.60. The molecule has 0 saturated carbocycles. The summed E-state index contributed by atoms with van der Waals surface area (Å²) in [6, 6.07) is 4.58. The SMILES string of the molecule is COc1c(I)cc(C#N)cc1[N+](=O)[O-]. The molecule has 72 valence electrons. The van der Waals surface area contributed by atoms with Crippen LogP contribution in [-0.2, 0) is 0 Å². The highest BCUT2D eigenvalue weighted by molar-refractivity contribution is 14.1. The Morgan fingerprint density at radius 1 is 1.64 bits per heavy atom. The first-order valence-electron chi connectivity index (χ1n) is 3.52. The average molecular weight is 304 g/mol. The lowest BCUT2D eigenvalue weighted by Gasteiger charge is -2.03. The normalized spacial score (nSPS) is 9.21. The molecule has 5 nitrogen and oxygen atoms in total. The van der Waals surface area contributed by atoms with E-state index in [1.165, 1.54) is 19.2 Å². The number of benzene rings is 1. The molecule has 6 heteroatoms. The van der Waals surface area contributed by atoms with Gasteiger partial charge in [0.2, 0.25) is 5.75 Å². The molecule has 0 N–H and O–H groups in total. The zero-order valence-corrected chi connectivity index (χ0v) is 9.31. The zero-order valence-electron chi connectivity index (χ0n) is 7.15. The molecule has 0 bridgehead atoms. The molecule has 0 amide bonds. The number of nitriles is 1. The van der Waals surface area contributed by atoms with Crippen molar-refractivity contribution in [1.29, 1.82) is 5.26 Å². The molecular formula is C8H5IN2O3. The Bertz CT molecular complexity index is 425. The number of hydrogen-bond donors (Lipinski definition) is 0. The summed E-state index contributed by atoms with van der Waals surface area (Å²) >= 11 is 1.89. The van der Waals surface area contributed by atoms with Gasteiger partial charge in [0, 0.05) is 6.07 Å². The van der Waals surface area contributed by atoms with Gasteiger partial charge < -0.3 is 4.74 Å². The Morgan fingerprint density at radius 3 is 2.71 bits per heavy atom. The minimum absolute atomic E-state index is 0.184. The van der Waals surface area contributed by atoms with Crippen LogP contribution in [0.2, 0.25) is 0 Å². The maximum atomic E-state index is 10.6. The summed E-state index contributed by atoms with van der Waals surface area (Å²) in [5.41, 5.74) is 0.0675. The fourth-order valence-corrected chi connectivity index (χ4v) is 1.81. The molecule has 0 heterocycles. The number of ether oxygens (including phenoxy) is 1. The van der Waals surface area contributed by atoms with Crippen molar-refractivity contribution in [2.24, 2.45) is 0 Å². The van der Waals surface area contributed by atoms with Crippen LogP contribution in [0.1, 0.15) is 5.56 Å². The zero-order chi connectivity index (χ0) is 10.7. The number of nitrogens with zero attached hydrogens (tertiary/aromatic N) is 2. The summed E-state index contributed by atoms with van der Waals surface area (Å²) in [5.74, 6) is 0.189. The predicted molar refractivity (Wildman–Crippen MR) is 57.1 cm³/mol. The number of nitro benzene ring substituents is 1. The third kappa shape index (κ3) is 1.93. The second-order valence-electron chi connectivity index (χ2n) is 2.38. The molecule has 0 unspecified atom stereocenters. The van der Waals surface area contributed by atoms with Crippen LogP contribution in [0, 0.1) is 25.0 Å². The van der Waals surface area contributed by atoms with Gasteiger partial charge in [-0.1, -0.05) is 0 Å². The molecule has 1 rings (SSSR count). The number of halogens is 1. The van der Waals surface area contributed by atoms with E-state index >= 15 is 0 Å². The van der Waals surface area contributed by atoms with Crippen molar-refractivity contribution in [3.05, 3.63) is 31.4 Å². The lowest BCUT2D eigenvalue weighted by atomic mass is 10.2. The van der Waals surface area contributed by atoms with Crippen molar-refractivity contribution in [2.45, 2.75) is 0 Å². The van der Waals surface area contributed by atoms with Crippen LogP contribution >= 0.6 is 22.6 Å². The second-order valence-corrected chi connectivity index (χ2v) is 3.54.